The first-order valence-electron chi connectivity index (χ1n) is 12.3. The topological polar surface area (TPSA) is 60.4 Å². The van der Waals surface area contributed by atoms with Crippen molar-refractivity contribution in [1.29, 1.82) is 0 Å². The molecule has 3 aliphatic carbocycles. The molecule has 0 amide bonds. The Morgan fingerprint density at radius 2 is 1.81 bits per heavy atom. The number of esters is 1. The van der Waals surface area contributed by atoms with E-state index < -0.39 is 11.6 Å². The van der Waals surface area contributed by atoms with Gasteiger partial charge in [-0.2, -0.15) is 0 Å². The van der Waals surface area contributed by atoms with Gasteiger partial charge in [0.2, 0.25) is 0 Å². The van der Waals surface area contributed by atoms with E-state index >= 15 is 0 Å². The Labute approximate surface area is 193 Å². The lowest BCUT2D eigenvalue weighted by atomic mass is 9.61. The van der Waals surface area contributed by atoms with Gasteiger partial charge in [-0.15, -0.1) is 0 Å². The van der Waals surface area contributed by atoms with E-state index in [4.69, 9.17) is 4.74 Å². The first-order valence-corrected chi connectivity index (χ1v) is 12.3. The predicted octanol–water partition coefficient (Wildman–Crippen LogP) is 6.01. The van der Waals surface area contributed by atoms with Gasteiger partial charge in [0.1, 0.15) is 0 Å². The van der Waals surface area contributed by atoms with Crippen LogP contribution in [0.3, 0.4) is 0 Å². The molecular formula is C28H40O4. The van der Waals surface area contributed by atoms with Crippen LogP contribution in [0.4, 0.5) is 0 Å². The highest BCUT2D eigenvalue weighted by Gasteiger charge is 2.52. The smallest absolute Gasteiger partial charge is 0.332 e. The molecule has 4 nitrogen and oxygen atoms in total. The Balaban J connectivity index is 1.78. The summed E-state index contributed by atoms with van der Waals surface area (Å²) in [4.78, 5) is 37.9. The van der Waals surface area contributed by atoms with Crippen molar-refractivity contribution in [2.75, 3.05) is 0 Å². The lowest BCUT2D eigenvalue weighted by Gasteiger charge is -2.43. The number of carbonyl (C=O) groups is 3. The van der Waals surface area contributed by atoms with Gasteiger partial charge in [-0.1, -0.05) is 52.8 Å². The van der Waals surface area contributed by atoms with Gasteiger partial charge in [0.05, 0.1) is 0 Å². The molecule has 0 N–H and O–H groups in total. The van der Waals surface area contributed by atoms with Crippen molar-refractivity contribution in [3.05, 3.63) is 36.0 Å². The Morgan fingerprint density at radius 1 is 1.09 bits per heavy atom. The minimum Gasteiger partial charge on any atom is -0.448 e. The molecule has 3 aliphatic rings. The maximum atomic E-state index is 12.8. The van der Waals surface area contributed by atoms with Gasteiger partial charge >= 0.3 is 5.97 Å². The highest BCUT2D eigenvalue weighted by molar-refractivity contribution is 6.03. The van der Waals surface area contributed by atoms with Crippen molar-refractivity contribution in [2.45, 2.75) is 85.7 Å². The first-order chi connectivity index (χ1) is 15.0. The van der Waals surface area contributed by atoms with Crippen LogP contribution < -0.4 is 0 Å². The molecule has 2 saturated carbocycles. The van der Waals surface area contributed by atoms with Crippen molar-refractivity contribution in [1.82, 2.24) is 0 Å². The maximum Gasteiger partial charge on any atom is 0.332 e. The SMILES string of the molecule is CC(C)C(C)/C=C/[C@H](C)[C@H]1CC[C@H]2/C(=C\C(=O)O[C@]3(C)CCC=CC3=O)C(=O)CC[C@]12C. The second kappa shape index (κ2) is 9.49. The van der Waals surface area contributed by atoms with Crippen LogP contribution in [0.5, 0.6) is 0 Å². The molecule has 1 unspecified atom stereocenters. The lowest BCUT2D eigenvalue weighted by molar-refractivity contribution is -0.160. The normalized spacial score (nSPS) is 36.0. The van der Waals surface area contributed by atoms with Crippen LogP contribution in [0.1, 0.15) is 80.1 Å². The molecule has 4 heteroatoms. The monoisotopic (exact) mass is 440 g/mol. The number of allylic oxidation sites excluding steroid dienone is 4. The van der Waals surface area contributed by atoms with Crippen molar-refractivity contribution >= 4 is 17.5 Å². The second-order valence-electron chi connectivity index (χ2n) is 11.1. The van der Waals surface area contributed by atoms with E-state index in [2.05, 4.69) is 46.8 Å². The fourth-order valence-electron chi connectivity index (χ4n) is 5.94. The molecule has 176 valence electrons. The molecule has 0 aromatic carbocycles. The minimum atomic E-state index is -1.13. The molecule has 2 fully saturated rings. The highest BCUT2D eigenvalue weighted by atomic mass is 16.6. The number of fused-ring (bicyclic) bond motifs is 1. The summed E-state index contributed by atoms with van der Waals surface area (Å²) < 4.78 is 5.61. The van der Waals surface area contributed by atoms with E-state index in [1.54, 1.807) is 6.92 Å². The van der Waals surface area contributed by atoms with Crippen LogP contribution in [0.25, 0.3) is 0 Å². The van der Waals surface area contributed by atoms with Crippen LogP contribution >= 0.6 is 0 Å². The van der Waals surface area contributed by atoms with E-state index in [0.29, 0.717) is 48.5 Å². The quantitative estimate of drug-likeness (QED) is 0.288. The fourth-order valence-corrected chi connectivity index (χ4v) is 5.94. The Morgan fingerprint density at radius 3 is 2.47 bits per heavy atom. The number of hydrogen-bond donors (Lipinski definition) is 0. The Hall–Kier alpha value is -1.97. The molecule has 0 radical (unpaired) electrons. The molecular weight excluding hydrogens is 400 g/mol. The molecule has 0 bridgehead atoms. The van der Waals surface area contributed by atoms with E-state index in [1.165, 1.54) is 12.2 Å². The number of ketones is 2. The van der Waals surface area contributed by atoms with Gasteiger partial charge < -0.3 is 4.74 Å². The summed E-state index contributed by atoms with van der Waals surface area (Å²) in [7, 11) is 0. The molecule has 0 aliphatic heterocycles. The zero-order valence-electron chi connectivity index (χ0n) is 20.6. The highest BCUT2D eigenvalue weighted by Crippen LogP contribution is 2.58. The van der Waals surface area contributed by atoms with Crippen molar-refractivity contribution in [3.8, 4) is 0 Å². The van der Waals surface area contributed by atoms with E-state index in [-0.39, 0.29) is 22.9 Å². The van der Waals surface area contributed by atoms with Crippen LogP contribution in [0.15, 0.2) is 36.0 Å². The van der Waals surface area contributed by atoms with E-state index in [1.807, 2.05) is 6.08 Å². The zero-order valence-corrected chi connectivity index (χ0v) is 20.6. The maximum absolute atomic E-state index is 12.8. The van der Waals surface area contributed by atoms with E-state index in [0.717, 1.165) is 19.3 Å². The number of Topliss-reactive ketones (excluding diaryl/α,β-unsaturated/α-hetero) is 1. The van der Waals surface area contributed by atoms with Crippen molar-refractivity contribution in [3.63, 3.8) is 0 Å². The van der Waals surface area contributed by atoms with Gasteiger partial charge in [0.25, 0.3) is 0 Å². The third-order valence-electron chi connectivity index (χ3n) is 8.58. The molecule has 0 saturated heterocycles. The van der Waals surface area contributed by atoms with Crippen molar-refractivity contribution in [2.24, 2.45) is 35.0 Å². The van der Waals surface area contributed by atoms with Gasteiger partial charge in [0, 0.05) is 18.1 Å². The summed E-state index contributed by atoms with van der Waals surface area (Å²) in [5.41, 5.74) is -0.521. The Bertz CT molecular complexity index is 847. The standard InChI is InChI=1S/C28H40O4/c1-18(2)19(3)10-11-20(4)22-12-13-23-21(24(29)14-16-27(22,23)5)17-26(31)32-28(6)15-8-7-9-25(28)30/h7,9-11,17-20,22-23H,8,12-16H2,1-6H3/b11-10+,21-17+/t19?,20-,22+,23-,27+,28+/m0/s1. The molecule has 3 rings (SSSR count). The molecule has 0 heterocycles. The number of ether oxygens (including phenoxy) is 1. The predicted molar refractivity (Wildman–Crippen MR) is 127 cm³/mol. The fraction of sp³-hybridized carbons (Fsp3) is 0.679. The summed E-state index contributed by atoms with van der Waals surface area (Å²) in [6, 6.07) is 0. The zero-order chi connectivity index (χ0) is 23.7. The van der Waals surface area contributed by atoms with E-state index in [9.17, 15) is 14.4 Å². The summed E-state index contributed by atoms with van der Waals surface area (Å²) in [6.45, 7) is 13.0. The molecule has 32 heavy (non-hydrogen) atoms. The third kappa shape index (κ3) is 4.84. The van der Waals surface area contributed by atoms with Crippen molar-refractivity contribution < 1.29 is 19.1 Å². The van der Waals surface area contributed by atoms with Crippen LogP contribution in [-0.4, -0.2) is 23.1 Å². The summed E-state index contributed by atoms with van der Waals surface area (Å²) in [5, 5.41) is 0. The molecule has 6 atom stereocenters. The average Bonchev–Trinajstić information content (AvgIpc) is 3.08. The number of carbonyl (C=O) groups excluding carboxylic acids is 3. The van der Waals surface area contributed by atoms with Crippen LogP contribution in [0.2, 0.25) is 0 Å². The summed E-state index contributed by atoms with van der Waals surface area (Å²) in [5.74, 6) is 1.46. The molecule has 0 aromatic heterocycles. The lowest BCUT2D eigenvalue weighted by Crippen LogP contribution is -2.41. The van der Waals surface area contributed by atoms with Gasteiger partial charge in [-0.3, -0.25) is 9.59 Å². The second-order valence-corrected chi connectivity index (χ2v) is 11.1. The van der Waals surface area contributed by atoms with Gasteiger partial charge in [-0.25, -0.2) is 4.79 Å². The molecule has 0 spiro atoms. The summed E-state index contributed by atoms with van der Waals surface area (Å²) in [6.07, 6.45) is 13.9. The third-order valence-corrected chi connectivity index (χ3v) is 8.58. The van der Waals surface area contributed by atoms with Gasteiger partial charge in [-0.05, 0) is 80.1 Å². The molecule has 0 aromatic rings. The number of rotatable bonds is 6. The average molecular weight is 441 g/mol. The van der Waals surface area contributed by atoms with Crippen LogP contribution in [-0.2, 0) is 19.1 Å². The minimum absolute atomic E-state index is 0.00184. The van der Waals surface area contributed by atoms with Crippen LogP contribution in [0, 0.1) is 35.0 Å². The van der Waals surface area contributed by atoms with Gasteiger partial charge in [0.15, 0.2) is 17.2 Å². The first kappa shape index (κ1) is 24.7. The largest absolute Gasteiger partial charge is 0.448 e. The summed E-state index contributed by atoms with van der Waals surface area (Å²) >= 11 is 0. The Kier molecular flexibility index (Phi) is 7.31. The number of hydrogen-bond acceptors (Lipinski definition) is 4.